The van der Waals surface area contributed by atoms with Crippen LogP contribution >= 0.6 is 0 Å². The Hall–Kier alpha value is -3.43. The van der Waals surface area contributed by atoms with E-state index < -0.39 is 12.0 Å². The quantitative estimate of drug-likeness (QED) is 0.578. The molecule has 1 fully saturated rings. The second kappa shape index (κ2) is 9.21. The molecule has 176 valence electrons. The number of alkyl halides is 3. The highest BCUT2D eigenvalue weighted by atomic mass is 19.4. The number of para-hydroxylation sites is 3. The Balaban J connectivity index is 1.43. The van der Waals surface area contributed by atoms with Gasteiger partial charge in [0.2, 0.25) is 5.82 Å². The van der Waals surface area contributed by atoms with Crippen molar-refractivity contribution in [1.29, 1.82) is 0 Å². The Bertz CT molecular complexity index is 1140. The van der Waals surface area contributed by atoms with E-state index in [0.29, 0.717) is 54.2 Å². The third-order valence-corrected chi connectivity index (χ3v) is 5.90. The van der Waals surface area contributed by atoms with E-state index >= 15 is 0 Å². The van der Waals surface area contributed by atoms with E-state index in [0.717, 1.165) is 0 Å². The van der Waals surface area contributed by atoms with Crippen LogP contribution in [-0.2, 0) is 12.7 Å². The molecule has 4 rings (SSSR count). The molecule has 0 spiro atoms. The number of carbonyl (C=O) groups is 1. The molecule has 3 aromatic rings. The van der Waals surface area contributed by atoms with Crippen molar-refractivity contribution < 1.29 is 27.4 Å². The van der Waals surface area contributed by atoms with Gasteiger partial charge in [0.1, 0.15) is 0 Å². The molecule has 1 aliphatic rings. The van der Waals surface area contributed by atoms with Gasteiger partial charge in [-0.15, -0.1) is 0 Å². The summed E-state index contributed by atoms with van der Waals surface area (Å²) in [5.74, 6) is 0.0463. The molecule has 0 bridgehead atoms. The van der Waals surface area contributed by atoms with Crippen LogP contribution in [0.1, 0.15) is 18.7 Å². The maximum Gasteiger partial charge on any atom is 0.449 e. The third kappa shape index (κ3) is 4.69. The van der Waals surface area contributed by atoms with Gasteiger partial charge < -0.3 is 24.3 Å². The monoisotopic (exact) mass is 462 g/mol. The maximum atomic E-state index is 13.6. The highest BCUT2D eigenvalue weighted by molar-refractivity contribution is 5.91. The first-order valence-electron chi connectivity index (χ1n) is 10.6. The minimum Gasteiger partial charge on any atom is -0.493 e. The van der Waals surface area contributed by atoms with Gasteiger partial charge >= 0.3 is 12.2 Å². The van der Waals surface area contributed by atoms with Crippen LogP contribution in [0.5, 0.6) is 11.5 Å². The Morgan fingerprint density at radius 2 is 1.82 bits per heavy atom. The molecule has 0 saturated carbocycles. The normalized spacial score (nSPS) is 15.0. The zero-order chi connectivity index (χ0) is 23.6. The van der Waals surface area contributed by atoms with Crippen molar-refractivity contribution in [3.63, 3.8) is 0 Å². The summed E-state index contributed by atoms with van der Waals surface area (Å²) < 4.78 is 52.6. The van der Waals surface area contributed by atoms with E-state index in [1.807, 2.05) is 0 Å². The zero-order valence-electron chi connectivity index (χ0n) is 18.4. The van der Waals surface area contributed by atoms with Crippen molar-refractivity contribution in [1.82, 2.24) is 14.5 Å². The summed E-state index contributed by atoms with van der Waals surface area (Å²) >= 11 is 0. The molecular weight excluding hydrogens is 437 g/mol. The number of rotatable bonds is 5. The summed E-state index contributed by atoms with van der Waals surface area (Å²) in [6, 6.07) is 11.5. The van der Waals surface area contributed by atoms with Crippen LogP contribution < -0.4 is 14.8 Å². The van der Waals surface area contributed by atoms with E-state index in [9.17, 15) is 18.0 Å². The summed E-state index contributed by atoms with van der Waals surface area (Å²) in [6.07, 6.45) is -3.35. The van der Waals surface area contributed by atoms with E-state index in [1.165, 1.54) is 18.8 Å². The van der Waals surface area contributed by atoms with Gasteiger partial charge in [0.05, 0.1) is 30.9 Å². The highest BCUT2D eigenvalue weighted by Gasteiger charge is 2.38. The minimum absolute atomic E-state index is 0.000823. The van der Waals surface area contributed by atoms with Crippen LogP contribution in [0.25, 0.3) is 11.0 Å². The van der Waals surface area contributed by atoms with Crippen molar-refractivity contribution >= 4 is 22.8 Å². The van der Waals surface area contributed by atoms with Crippen LogP contribution in [-0.4, -0.2) is 47.8 Å². The summed E-state index contributed by atoms with van der Waals surface area (Å²) in [7, 11) is 3.01. The van der Waals surface area contributed by atoms with Crippen molar-refractivity contribution in [2.75, 3.05) is 32.6 Å². The van der Waals surface area contributed by atoms with Crippen molar-refractivity contribution in [3.8, 4) is 11.5 Å². The summed E-state index contributed by atoms with van der Waals surface area (Å²) in [5, 5.41) is 2.84. The fraction of sp³-hybridized carbons (Fsp3) is 0.391. The number of carbonyl (C=O) groups excluding carboxylic acids is 1. The number of amides is 2. The number of imidazole rings is 1. The smallest absolute Gasteiger partial charge is 0.449 e. The lowest BCUT2D eigenvalue weighted by molar-refractivity contribution is -0.147. The van der Waals surface area contributed by atoms with Gasteiger partial charge in [0, 0.05) is 19.6 Å². The summed E-state index contributed by atoms with van der Waals surface area (Å²) in [4.78, 5) is 18.2. The standard InChI is InChI=1S/C23H25F3N4O3/c1-32-19-9-5-7-17(20(19)33-2)28-22(31)29-12-10-15(11-13-29)14-30-18-8-4-3-6-16(18)27-21(30)23(24,25)26/h3-9,15H,10-14H2,1-2H3,(H,28,31). The lowest BCUT2D eigenvalue weighted by atomic mass is 9.96. The minimum atomic E-state index is -4.53. The highest BCUT2D eigenvalue weighted by Crippen LogP contribution is 2.36. The number of anilines is 1. The lowest BCUT2D eigenvalue weighted by Gasteiger charge is -2.32. The molecule has 33 heavy (non-hydrogen) atoms. The number of methoxy groups -OCH3 is 2. The average Bonchev–Trinajstić information content (AvgIpc) is 3.18. The predicted octanol–water partition coefficient (Wildman–Crippen LogP) is 5.02. The molecule has 2 aromatic carbocycles. The van der Waals surface area contributed by atoms with Gasteiger partial charge in [0.25, 0.3) is 0 Å². The van der Waals surface area contributed by atoms with Gasteiger partial charge in [-0.05, 0) is 43.0 Å². The predicted molar refractivity (Wildman–Crippen MR) is 118 cm³/mol. The fourth-order valence-electron chi connectivity index (χ4n) is 4.23. The Labute approximate surface area is 189 Å². The molecule has 1 aliphatic heterocycles. The van der Waals surface area contributed by atoms with Gasteiger partial charge in [-0.3, -0.25) is 0 Å². The Morgan fingerprint density at radius 1 is 1.09 bits per heavy atom. The molecule has 1 aromatic heterocycles. The number of urea groups is 1. The third-order valence-electron chi connectivity index (χ3n) is 5.90. The number of ether oxygens (including phenoxy) is 2. The molecule has 0 atom stereocenters. The molecule has 7 nitrogen and oxygen atoms in total. The van der Waals surface area contributed by atoms with Gasteiger partial charge in [-0.2, -0.15) is 13.2 Å². The topological polar surface area (TPSA) is 68.6 Å². The van der Waals surface area contributed by atoms with Gasteiger partial charge in [0.15, 0.2) is 11.5 Å². The summed E-state index contributed by atoms with van der Waals surface area (Å²) in [6.45, 7) is 1.09. The van der Waals surface area contributed by atoms with Crippen LogP contribution in [0.3, 0.4) is 0 Å². The van der Waals surface area contributed by atoms with Crippen LogP contribution in [0.15, 0.2) is 42.5 Å². The zero-order valence-corrected chi connectivity index (χ0v) is 18.4. The van der Waals surface area contributed by atoms with E-state index in [1.54, 1.807) is 47.4 Å². The molecule has 1 N–H and O–H groups in total. The molecular formula is C23H25F3N4O3. The fourth-order valence-corrected chi connectivity index (χ4v) is 4.23. The molecule has 2 amide bonds. The average molecular weight is 462 g/mol. The van der Waals surface area contributed by atoms with E-state index in [-0.39, 0.29) is 18.5 Å². The Kier molecular flexibility index (Phi) is 6.35. The van der Waals surface area contributed by atoms with Gasteiger partial charge in [-0.1, -0.05) is 18.2 Å². The number of aromatic nitrogens is 2. The Morgan fingerprint density at radius 3 is 2.48 bits per heavy atom. The van der Waals surface area contributed by atoms with E-state index in [2.05, 4.69) is 10.3 Å². The molecule has 1 saturated heterocycles. The van der Waals surface area contributed by atoms with Crippen LogP contribution in [0.2, 0.25) is 0 Å². The number of hydrogen-bond donors (Lipinski definition) is 1. The second-order valence-corrected chi connectivity index (χ2v) is 7.93. The first kappa shape index (κ1) is 22.8. The largest absolute Gasteiger partial charge is 0.493 e. The van der Waals surface area contributed by atoms with Crippen LogP contribution in [0.4, 0.5) is 23.7 Å². The van der Waals surface area contributed by atoms with Gasteiger partial charge in [-0.25, -0.2) is 9.78 Å². The number of piperidine rings is 1. The molecule has 10 heteroatoms. The van der Waals surface area contributed by atoms with Crippen molar-refractivity contribution in [2.24, 2.45) is 5.92 Å². The molecule has 2 heterocycles. The number of nitrogens with zero attached hydrogens (tertiary/aromatic N) is 3. The van der Waals surface area contributed by atoms with Crippen molar-refractivity contribution in [3.05, 3.63) is 48.3 Å². The maximum absolute atomic E-state index is 13.6. The number of fused-ring (bicyclic) bond motifs is 1. The SMILES string of the molecule is COc1cccc(NC(=O)N2CCC(Cn3c(C(F)(F)F)nc4ccccc43)CC2)c1OC. The number of likely N-dealkylation sites (tertiary alicyclic amines) is 1. The summed E-state index contributed by atoms with van der Waals surface area (Å²) in [5.41, 5.74) is 1.28. The first-order valence-corrected chi connectivity index (χ1v) is 10.6. The number of halogens is 3. The van der Waals surface area contributed by atoms with E-state index in [4.69, 9.17) is 9.47 Å². The number of nitrogens with one attached hydrogen (secondary N) is 1. The molecule has 0 radical (unpaired) electrons. The molecule has 0 unspecified atom stereocenters. The lowest BCUT2D eigenvalue weighted by Crippen LogP contribution is -2.41. The second-order valence-electron chi connectivity index (χ2n) is 7.93. The van der Waals surface area contributed by atoms with Crippen LogP contribution in [0, 0.1) is 5.92 Å². The molecule has 0 aliphatic carbocycles. The number of benzene rings is 2. The van der Waals surface area contributed by atoms with Crippen molar-refractivity contribution in [2.45, 2.75) is 25.6 Å². The number of hydrogen-bond acceptors (Lipinski definition) is 4. The first-order chi connectivity index (χ1) is 15.8.